The first-order valence-corrected chi connectivity index (χ1v) is 9.96. The molecular weight excluding hydrogens is 400 g/mol. The largest absolute Gasteiger partial charge is 0.497 e. The van der Waals surface area contributed by atoms with Gasteiger partial charge in [-0.2, -0.15) is 0 Å². The number of benzene rings is 2. The minimum atomic E-state index is -0.741. The summed E-state index contributed by atoms with van der Waals surface area (Å²) in [5.41, 5.74) is 1.98. The molecule has 31 heavy (non-hydrogen) atoms. The van der Waals surface area contributed by atoms with Crippen LogP contribution in [0.4, 0.5) is 4.79 Å². The Morgan fingerprint density at radius 1 is 0.968 bits per heavy atom. The van der Waals surface area contributed by atoms with Gasteiger partial charge < -0.3 is 29.6 Å². The highest BCUT2D eigenvalue weighted by molar-refractivity contribution is 6.04. The lowest BCUT2D eigenvalue weighted by Gasteiger charge is -2.30. The van der Waals surface area contributed by atoms with Crippen LogP contribution in [0.2, 0.25) is 0 Å². The molecule has 2 N–H and O–H groups in total. The maximum absolute atomic E-state index is 13.0. The summed E-state index contributed by atoms with van der Waals surface area (Å²) in [7, 11) is 3.12. The number of amides is 2. The van der Waals surface area contributed by atoms with Gasteiger partial charge in [0.05, 0.1) is 44.7 Å². The van der Waals surface area contributed by atoms with E-state index < -0.39 is 18.0 Å². The van der Waals surface area contributed by atoms with Crippen molar-refractivity contribution >= 4 is 17.7 Å². The SMILES string of the molecule is CCOC(=O)C1=C(c2ccc(OC)cc2)NC(=O)NC1c1ccc(OC)c(OCC)c1. The van der Waals surface area contributed by atoms with E-state index in [-0.39, 0.29) is 6.61 Å². The van der Waals surface area contributed by atoms with Crippen LogP contribution in [0.25, 0.3) is 5.70 Å². The quantitative estimate of drug-likeness (QED) is 0.628. The lowest BCUT2D eigenvalue weighted by atomic mass is 9.92. The number of nitrogens with one attached hydrogen (secondary N) is 2. The normalized spacial score (nSPS) is 15.6. The van der Waals surface area contributed by atoms with Crippen molar-refractivity contribution in [3.63, 3.8) is 0 Å². The van der Waals surface area contributed by atoms with E-state index in [0.29, 0.717) is 46.3 Å². The molecule has 1 heterocycles. The summed E-state index contributed by atoms with van der Waals surface area (Å²) in [6.07, 6.45) is 0. The molecule has 8 nitrogen and oxygen atoms in total. The highest BCUT2D eigenvalue weighted by atomic mass is 16.5. The number of rotatable bonds is 8. The molecule has 0 spiro atoms. The Kier molecular flexibility index (Phi) is 7.02. The molecule has 0 saturated heterocycles. The van der Waals surface area contributed by atoms with E-state index in [1.54, 1.807) is 63.6 Å². The van der Waals surface area contributed by atoms with Gasteiger partial charge in [-0.3, -0.25) is 0 Å². The van der Waals surface area contributed by atoms with Gasteiger partial charge >= 0.3 is 12.0 Å². The van der Waals surface area contributed by atoms with Gasteiger partial charge in [0.15, 0.2) is 11.5 Å². The van der Waals surface area contributed by atoms with Crippen molar-refractivity contribution in [2.24, 2.45) is 0 Å². The lowest BCUT2D eigenvalue weighted by molar-refractivity contribution is -0.138. The highest BCUT2D eigenvalue weighted by Gasteiger charge is 2.34. The van der Waals surface area contributed by atoms with Crippen LogP contribution in [0.1, 0.15) is 31.0 Å². The van der Waals surface area contributed by atoms with Crippen molar-refractivity contribution in [1.29, 1.82) is 0 Å². The first-order valence-electron chi connectivity index (χ1n) is 9.96. The third-order valence-electron chi connectivity index (χ3n) is 4.77. The van der Waals surface area contributed by atoms with Crippen molar-refractivity contribution in [2.75, 3.05) is 27.4 Å². The maximum Gasteiger partial charge on any atom is 0.338 e. The summed E-state index contributed by atoms with van der Waals surface area (Å²) >= 11 is 0. The van der Waals surface area contributed by atoms with Gasteiger partial charge in [-0.15, -0.1) is 0 Å². The number of methoxy groups -OCH3 is 2. The molecule has 1 aliphatic heterocycles. The van der Waals surface area contributed by atoms with Crippen molar-refractivity contribution in [3.8, 4) is 17.2 Å². The Hall–Kier alpha value is -3.68. The number of esters is 1. The molecule has 1 atom stereocenters. The molecule has 0 bridgehead atoms. The molecule has 1 aliphatic rings. The Labute approximate surface area is 181 Å². The third kappa shape index (κ3) is 4.74. The fourth-order valence-corrected chi connectivity index (χ4v) is 3.37. The number of carbonyl (C=O) groups is 2. The number of urea groups is 1. The van der Waals surface area contributed by atoms with Crippen molar-refractivity contribution in [3.05, 3.63) is 59.2 Å². The minimum absolute atomic E-state index is 0.200. The second kappa shape index (κ2) is 9.88. The highest BCUT2D eigenvalue weighted by Crippen LogP contribution is 2.36. The number of hydrogen-bond donors (Lipinski definition) is 2. The monoisotopic (exact) mass is 426 g/mol. The van der Waals surface area contributed by atoms with Gasteiger partial charge in [0.2, 0.25) is 0 Å². The molecule has 2 amide bonds. The Morgan fingerprint density at radius 3 is 2.32 bits per heavy atom. The number of carbonyl (C=O) groups excluding carboxylic acids is 2. The third-order valence-corrected chi connectivity index (χ3v) is 4.77. The average Bonchev–Trinajstić information content (AvgIpc) is 2.79. The molecular formula is C23H26N2O6. The van der Waals surface area contributed by atoms with Crippen LogP contribution in [-0.4, -0.2) is 39.4 Å². The van der Waals surface area contributed by atoms with E-state index >= 15 is 0 Å². The molecule has 3 rings (SSSR count). The summed E-state index contributed by atoms with van der Waals surface area (Å²) < 4.78 is 21.5. The fraction of sp³-hybridized carbons (Fsp3) is 0.304. The molecule has 0 saturated carbocycles. The predicted molar refractivity (Wildman–Crippen MR) is 115 cm³/mol. The number of hydrogen-bond acceptors (Lipinski definition) is 6. The zero-order valence-electron chi connectivity index (χ0n) is 18.0. The Balaban J connectivity index is 2.16. The van der Waals surface area contributed by atoms with Crippen LogP contribution in [0, 0.1) is 0 Å². The van der Waals surface area contributed by atoms with E-state index in [1.165, 1.54) is 0 Å². The second-order valence-corrected chi connectivity index (χ2v) is 6.61. The standard InChI is InChI=1S/C23H26N2O6/c1-5-30-18-13-15(9-12-17(18)29-4)21-19(22(26)31-6-2)20(24-23(27)25-21)14-7-10-16(28-3)11-8-14/h7-13,21H,5-6H2,1-4H3,(H2,24,25,27). The summed E-state index contributed by atoms with van der Waals surface area (Å²) in [5.74, 6) is 1.21. The average molecular weight is 426 g/mol. The fourth-order valence-electron chi connectivity index (χ4n) is 3.37. The van der Waals surface area contributed by atoms with Crippen LogP contribution in [0.5, 0.6) is 17.2 Å². The smallest absolute Gasteiger partial charge is 0.338 e. The van der Waals surface area contributed by atoms with Crippen molar-refractivity contribution in [1.82, 2.24) is 10.6 Å². The molecule has 1 unspecified atom stereocenters. The Bertz CT molecular complexity index is 984. The van der Waals surface area contributed by atoms with E-state index in [2.05, 4.69) is 10.6 Å². The number of ether oxygens (including phenoxy) is 4. The van der Waals surface area contributed by atoms with Crippen LogP contribution in [0.3, 0.4) is 0 Å². The van der Waals surface area contributed by atoms with Gasteiger partial charge in [-0.05, 0) is 61.4 Å². The van der Waals surface area contributed by atoms with Crippen LogP contribution in [-0.2, 0) is 9.53 Å². The molecule has 0 aromatic heterocycles. The Morgan fingerprint density at radius 2 is 1.71 bits per heavy atom. The maximum atomic E-state index is 13.0. The molecule has 2 aromatic rings. The molecule has 164 valence electrons. The molecule has 8 heteroatoms. The van der Waals surface area contributed by atoms with Gasteiger partial charge in [0.25, 0.3) is 0 Å². The van der Waals surface area contributed by atoms with Gasteiger partial charge in [0.1, 0.15) is 5.75 Å². The molecule has 0 fully saturated rings. The predicted octanol–water partition coefficient (Wildman–Crippen LogP) is 3.43. The van der Waals surface area contributed by atoms with Crippen molar-refractivity contribution in [2.45, 2.75) is 19.9 Å². The molecule has 0 radical (unpaired) electrons. The minimum Gasteiger partial charge on any atom is -0.497 e. The summed E-state index contributed by atoms with van der Waals surface area (Å²) in [4.78, 5) is 25.5. The van der Waals surface area contributed by atoms with Crippen LogP contribution < -0.4 is 24.8 Å². The zero-order chi connectivity index (χ0) is 22.4. The summed E-state index contributed by atoms with van der Waals surface area (Å²) in [6.45, 7) is 4.24. The van der Waals surface area contributed by atoms with Crippen molar-refractivity contribution < 1.29 is 28.5 Å². The van der Waals surface area contributed by atoms with Crippen LogP contribution in [0.15, 0.2) is 48.0 Å². The van der Waals surface area contributed by atoms with Gasteiger partial charge in [0, 0.05) is 0 Å². The van der Waals surface area contributed by atoms with E-state index in [1.807, 2.05) is 6.92 Å². The molecule has 2 aromatic carbocycles. The lowest BCUT2D eigenvalue weighted by Crippen LogP contribution is -2.45. The van der Waals surface area contributed by atoms with E-state index in [0.717, 1.165) is 0 Å². The van der Waals surface area contributed by atoms with Gasteiger partial charge in [-0.25, -0.2) is 9.59 Å². The van der Waals surface area contributed by atoms with E-state index in [9.17, 15) is 9.59 Å². The second-order valence-electron chi connectivity index (χ2n) is 6.61. The summed E-state index contributed by atoms with van der Waals surface area (Å²) in [5, 5.41) is 5.57. The zero-order valence-corrected chi connectivity index (χ0v) is 18.0. The van der Waals surface area contributed by atoms with E-state index in [4.69, 9.17) is 18.9 Å². The van der Waals surface area contributed by atoms with Crippen LogP contribution >= 0.6 is 0 Å². The topological polar surface area (TPSA) is 95.1 Å². The van der Waals surface area contributed by atoms with Gasteiger partial charge in [-0.1, -0.05) is 6.07 Å². The first kappa shape index (κ1) is 22.0. The summed E-state index contributed by atoms with van der Waals surface area (Å²) in [6, 6.07) is 11.2. The first-order chi connectivity index (χ1) is 15.0. The molecule has 0 aliphatic carbocycles.